The summed E-state index contributed by atoms with van der Waals surface area (Å²) in [6.45, 7) is 0.567. The van der Waals surface area contributed by atoms with Crippen LogP contribution in [-0.4, -0.2) is 41.2 Å². The Balaban J connectivity index is 1.39. The quantitative estimate of drug-likeness (QED) is 0.288. The summed E-state index contributed by atoms with van der Waals surface area (Å²) in [4.78, 5) is 21.5. The summed E-state index contributed by atoms with van der Waals surface area (Å²) < 4.78 is 24.1. The number of hydrogen-bond donors (Lipinski definition) is 3. The standard InChI is InChI=1S/C25H21FN8O3/c26-20-18(9-8-16-21(20)33-10-4-5-11-34(33)24(16)36)30-25-27-12-17(23-32-28-14-37-23)22(31-25)29-19(13-35)15-6-2-1-3-7-15/h1-9,12,14,19,35H,10-11,13H2,(H2,27,29,30,31)/t19-/m1/s1. The minimum atomic E-state index is -0.583. The summed E-state index contributed by atoms with van der Waals surface area (Å²) in [5.74, 6) is -0.0117. The molecule has 0 bridgehead atoms. The number of nitrogens with zero attached hydrogens (tertiary/aromatic N) is 6. The van der Waals surface area contributed by atoms with Gasteiger partial charge in [0.25, 0.3) is 11.4 Å². The van der Waals surface area contributed by atoms with E-state index in [-0.39, 0.29) is 35.2 Å². The molecule has 2 aromatic carbocycles. The molecule has 0 unspecified atom stereocenters. The van der Waals surface area contributed by atoms with Crippen molar-refractivity contribution in [2.75, 3.05) is 17.2 Å². The number of hydrogen-bond acceptors (Lipinski definition) is 9. The summed E-state index contributed by atoms with van der Waals surface area (Å²) >= 11 is 0. The van der Waals surface area contributed by atoms with E-state index in [9.17, 15) is 9.90 Å². The van der Waals surface area contributed by atoms with Crippen LogP contribution in [0.2, 0.25) is 0 Å². The van der Waals surface area contributed by atoms with Crippen LogP contribution in [0.3, 0.4) is 0 Å². The lowest BCUT2D eigenvalue weighted by Gasteiger charge is -2.19. The normalized spacial score (nSPS) is 13.5. The monoisotopic (exact) mass is 500 g/mol. The van der Waals surface area contributed by atoms with E-state index in [4.69, 9.17) is 4.42 Å². The fraction of sp³-hybridized carbons (Fsp3) is 0.160. The maximum Gasteiger partial charge on any atom is 0.274 e. The molecule has 3 N–H and O–H groups in total. The molecule has 0 amide bonds. The zero-order valence-electron chi connectivity index (χ0n) is 19.4. The van der Waals surface area contributed by atoms with Gasteiger partial charge in [-0.3, -0.25) is 9.48 Å². The third-order valence-electron chi connectivity index (χ3n) is 6.18. The Kier molecular flexibility index (Phi) is 5.69. The number of anilines is 3. The Morgan fingerprint density at radius 3 is 2.68 bits per heavy atom. The van der Waals surface area contributed by atoms with Crippen LogP contribution in [-0.2, 0) is 13.1 Å². The molecule has 0 radical (unpaired) electrons. The summed E-state index contributed by atoms with van der Waals surface area (Å²) in [7, 11) is 0. The number of nitrogens with one attached hydrogen (secondary N) is 2. The Bertz CT molecular complexity index is 1660. The predicted octanol–water partition coefficient (Wildman–Crippen LogP) is 3.24. The van der Waals surface area contributed by atoms with Crippen LogP contribution in [0.1, 0.15) is 11.6 Å². The van der Waals surface area contributed by atoms with Crippen LogP contribution in [0.25, 0.3) is 22.4 Å². The number of benzene rings is 2. The van der Waals surface area contributed by atoms with E-state index in [1.807, 2.05) is 42.5 Å². The first-order valence-corrected chi connectivity index (χ1v) is 11.5. The van der Waals surface area contributed by atoms with E-state index in [1.165, 1.54) is 23.3 Å². The van der Waals surface area contributed by atoms with Crippen molar-refractivity contribution in [1.82, 2.24) is 29.5 Å². The lowest BCUT2D eigenvalue weighted by Crippen LogP contribution is -2.24. The maximum atomic E-state index is 15.6. The van der Waals surface area contributed by atoms with Crippen LogP contribution in [0.4, 0.5) is 21.8 Å². The fourth-order valence-corrected chi connectivity index (χ4v) is 4.38. The largest absolute Gasteiger partial charge is 0.423 e. The molecule has 0 saturated carbocycles. The van der Waals surface area contributed by atoms with Gasteiger partial charge >= 0.3 is 0 Å². The molecule has 11 nitrogen and oxygen atoms in total. The topological polar surface area (TPSA) is 136 Å². The van der Waals surface area contributed by atoms with E-state index in [0.29, 0.717) is 29.9 Å². The van der Waals surface area contributed by atoms with E-state index in [2.05, 4.69) is 30.8 Å². The van der Waals surface area contributed by atoms with Crippen LogP contribution in [0, 0.1) is 5.82 Å². The van der Waals surface area contributed by atoms with E-state index in [1.54, 1.807) is 10.7 Å². The highest BCUT2D eigenvalue weighted by atomic mass is 19.1. The number of aromatic nitrogens is 6. The van der Waals surface area contributed by atoms with Crippen LogP contribution >= 0.6 is 0 Å². The van der Waals surface area contributed by atoms with E-state index < -0.39 is 11.9 Å². The molecule has 0 aliphatic carbocycles. The second-order valence-electron chi connectivity index (χ2n) is 8.38. The summed E-state index contributed by atoms with van der Waals surface area (Å²) in [5, 5.41) is 24.1. The zero-order valence-corrected chi connectivity index (χ0v) is 19.4. The van der Waals surface area contributed by atoms with Crippen molar-refractivity contribution in [1.29, 1.82) is 0 Å². The molecular weight excluding hydrogens is 479 g/mol. The van der Waals surface area contributed by atoms with Gasteiger partial charge in [-0.2, -0.15) is 4.98 Å². The molecular formula is C25H21FN8O3. The zero-order chi connectivity index (χ0) is 25.4. The highest BCUT2D eigenvalue weighted by Crippen LogP contribution is 2.31. The van der Waals surface area contributed by atoms with Crippen molar-refractivity contribution in [2.45, 2.75) is 19.1 Å². The minimum absolute atomic E-state index is 0.0917. The van der Waals surface area contributed by atoms with Crippen molar-refractivity contribution in [3.05, 3.63) is 88.9 Å². The maximum absolute atomic E-state index is 15.6. The van der Waals surface area contributed by atoms with Crippen LogP contribution < -0.4 is 16.2 Å². The molecule has 4 heterocycles. The Morgan fingerprint density at radius 2 is 1.92 bits per heavy atom. The lowest BCUT2D eigenvalue weighted by molar-refractivity contribution is 0.276. The number of rotatable bonds is 7. The molecule has 37 heavy (non-hydrogen) atoms. The van der Waals surface area contributed by atoms with Crippen molar-refractivity contribution >= 4 is 28.4 Å². The second-order valence-corrected chi connectivity index (χ2v) is 8.38. The smallest absolute Gasteiger partial charge is 0.274 e. The van der Waals surface area contributed by atoms with Gasteiger partial charge in [0.2, 0.25) is 12.3 Å². The highest BCUT2D eigenvalue weighted by molar-refractivity contribution is 5.84. The fourth-order valence-electron chi connectivity index (χ4n) is 4.38. The van der Waals surface area contributed by atoms with E-state index >= 15 is 4.39 Å². The summed E-state index contributed by atoms with van der Waals surface area (Å²) in [6, 6.07) is 11.9. The van der Waals surface area contributed by atoms with Crippen molar-refractivity contribution in [2.24, 2.45) is 0 Å². The number of allylic oxidation sites excluding steroid dienone is 2. The van der Waals surface area contributed by atoms with Gasteiger partial charge in [0, 0.05) is 6.20 Å². The minimum Gasteiger partial charge on any atom is -0.423 e. The summed E-state index contributed by atoms with van der Waals surface area (Å²) in [5.41, 5.74) is 1.33. The first-order valence-electron chi connectivity index (χ1n) is 11.5. The predicted molar refractivity (Wildman–Crippen MR) is 134 cm³/mol. The van der Waals surface area contributed by atoms with Gasteiger partial charge in [-0.15, -0.1) is 10.2 Å². The molecule has 0 fully saturated rings. The number of fused-ring (bicyclic) bond motifs is 3. The van der Waals surface area contributed by atoms with Gasteiger partial charge in [0.05, 0.1) is 42.4 Å². The highest BCUT2D eigenvalue weighted by Gasteiger charge is 2.22. The Morgan fingerprint density at radius 1 is 1.11 bits per heavy atom. The van der Waals surface area contributed by atoms with E-state index in [0.717, 1.165) is 5.56 Å². The van der Waals surface area contributed by atoms with Crippen molar-refractivity contribution < 1.29 is 13.9 Å². The molecule has 1 aliphatic heterocycles. The van der Waals surface area contributed by atoms with Gasteiger partial charge in [-0.05, 0) is 17.7 Å². The molecule has 6 rings (SSSR count). The molecule has 3 aromatic heterocycles. The third-order valence-corrected chi connectivity index (χ3v) is 6.18. The first-order chi connectivity index (χ1) is 18.1. The van der Waals surface area contributed by atoms with Gasteiger partial charge in [-0.1, -0.05) is 42.5 Å². The molecule has 12 heteroatoms. The molecule has 1 atom stereocenters. The number of aliphatic hydroxyl groups excluding tert-OH is 1. The second kappa shape index (κ2) is 9.32. The molecule has 1 aliphatic rings. The average molecular weight is 500 g/mol. The average Bonchev–Trinajstić information content (AvgIpc) is 3.57. The van der Waals surface area contributed by atoms with Crippen LogP contribution in [0.5, 0.6) is 0 Å². The van der Waals surface area contributed by atoms with Gasteiger partial charge in [-0.25, -0.2) is 14.1 Å². The molecule has 186 valence electrons. The van der Waals surface area contributed by atoms with Gasteiger partial charge in [0.1, 0.15) is 11.3 Å². The molecule has 0 saturated heterocycles. The Labute approximate surface area is 208 Å². The molecule has 0 spiro atoms. The lowest BCUT2D eigenvalue weighted by atomic mass is 10.1. The Hall–Kier alpha value is -4.84. The van der Waals surface area contributed by atoms with Crippen molar-refractivity contribution in [3.8, 4) is 11.5 Å². The number of halogens is 1. The SMILES string of the molecule is O=c1c2ccc(Nc3ncc(-c4nnco4)c(N[C@H](CO)c4ccccc4)n3)c(F)c2n2n1CC=CC2. The van der Waals surface area contributed by atoms with Gasteiger partial charge < -0.3 is 20.2 Å². The summed E-state index contributed by atoms with van der Waals surface area (Å²) in [6.07, 6.45) is 6.42. The number of aliphatic hydroxyl groups is 1. The molecule has 5 aromatic rings. The third kappa shape index (κ3) is 4.02. The van der Waals surface area contributed by atoms with Crippen LogP contribution in [0.15, 0.2) is 76.4 Å². The first kappa shape index (κ1) is 22.6. The van der Waals surface area contributed by atoms with Gasteiger partial charge in [0.15, 0.2) is 5.82 Å². The van der Waals surface area contributed by atoms with Crippen molar-refractivity contribution in [3.63, 3.8) is 0 Å².